The van der Waals surface area contributed by atoms with Crippen LogP contribution in [0.25, 0.3) is 5.76 Å². The van der Waals surface area contributed by atoms with Gasteiger partial charge in [0.2, 0.25) is 0 Å². The average molecular weight is 449 g/mol. The number of carbonyl (C=O) groups is 2. The number of aliphatic hydroxyl groups is 1. The zero-order valence-corrected chi connectivity index (χ0v) is 18.8. The Morgan fingerprint density at radius 2 is 1.76 bits per heavy atom. The van der Waals surface area contributed by atoms with Gasteiger partial charge in [-0.1, -0.05) is 12.1 Å². The molecule has 1 aromatic heterocycles. The lowest BCUT2D eigenvalue weighted by molar-refractivity contribution is -0.140. The number of methoxy groups -OCH3 is 1. The molecular formula is C26H24FNO5. The second-order valence-electron chi connectivity index (χ2n) is 8.14. The number of nitrogens with zero attached hydrogens (tertiary/aromatic N) is 1. The van der Waals surface area contributed by atoms with Crippen molar-refractivity contribution in [3.05, 3.63) is 93.7 Å². The monoisotopic (exact) mass is 449 g/mol. The Morgan fingerprint density at radius 1 is 1.06 bits per heavy atom. The number of ether oxygens (including phenoxy) is 1. The molecule has 0 spiro atoms. The highest BCUT2D eigenvalue weighted by atomic mass is 19.1. The van der Waals surface area contributed by atoms with Crippen LogP contribution < -0.4 is 4.74 Å². The zero-order valence-electron chi connectivity index (χ0n) is 18.8. The van der Waals surface area contributed by atoms with Crippen LogP contribution in [0.1, 0.15) is 39.8 Å². The number of ketones is 1. The number of aryl methyl sites for hydroxylation is 3. The van der Waals surface area contributed by atoms with E-state index in [4.69, 9.17) is 9.15 Å². The normalized spacial score (nSPS) is 17.6. The first kappa shape index (κ1) is 22.3. The summed E-state index contributed by atoms with van der Waals surface area (Å²) in [5, 5.41) is 11.3. The van der Waals surface area contributed by atoms with E-state index in [1.165, 1.54) is 17.0 Å². The van der Waals surface area contributed by atoms with Gasteiger partial charge in [-0.05, 0) is 73.9 Å². The summed E-state index contributed by atoms with van der Waals surface area (Å²) < 4.78 is 24.5. The van der Waals surface area contributed by atoms with E-state index in [0.29, 0.717) is 34.0 Å². The molecule has 1 N–H and O–H groups in total. The molecular weight excluding hydrogens is 425 g/mol. The molecule has 7 heteroatoms. The summed E-state index contributed by atoms with van der Waals surface area (Å²) in [6.07, 6.45) is 0. The van der Waals surface area contributed by atoms with Crippen molar-refractivity contribution in [3.63, 3.8) is 0 Å². The third-order valence-corrected chi connectivity index (χ3v) is 5.83. The van der Waals surface area contributed by atoms with Crippen LogP contribution >= 0.6 is 0 Å². The van der Waals surface area contributed by atoms with Gasteiger partial charge in [0.05, 0.1) is 12.7 Å². The maximum atomic E-state index is 13.4. The van der Waals surface area contributed by atoms with E-state index in [9.17, 15) is 19.1 Å². The summed E-state index contributed by atoms with van der Waals surface area (Å²) in [6.45, 7) is 5.42. The molecule has 0 radical (unpaired) electrons. The van der Waals surface area contributed by atoms with Crippen LogP contribution in [0.2, 0.25) is 0 Å². The molecule has 1 fully saturated rings. The van der Waals surface area contributed by atoms with Gasteiger partial charge in [0.1, 0.15) is 34.9 Å². The lowest BCUT2D eigenvalue weighted by atomic mass is 9.95. The summed E-state index contributed by atoms with van der Waals surface area (Å²) in [7, 11) is 1.56. The van der Waals surface area contributed by atoms with E-state index >= 15 is 0 Å². The van der Waals surface area contributed by atoms with E-state index in [1.54, 1.807) is 57.4 Å². The minimum absolute atomic E-state index is 0.0483. The van der Waals surface area contributed by atoms with Gasteiger partial charge in [0.15, 0.2) is 0 Å². The van der Waals surface area contributed by atoms with Crippen molar-refractivity contribution in [2.24, 2.45) is 0 Å². The average Bonchev–Trinajstić information content (AvgIpc) is 3.32. The van der Waals surface area contributed by atoms with Crippen molar-refractivity contribution in [2.75, 3.05) is 7.11 Å². The number of rotatable bonds is 5. The number of hydrogen-bond donors (Lipinski definition) is 1. The fourth-order valence-electron chi connectivity index (χ4n) is 4.14. The molecule has 3 aromatic rings. The molecule has 0 aliphatic carbocycles. The van der Waals surface area contributed by atoms with Crippen molar-refractivity contribution < 1.29 is 28.2 Å². The fourth-order valence-corrected chi connectivity index (χ4v) is 4.14. The Hall–Kier alpha value is -3.87. The van der Waals surface area contributed by atoms with E-state index in [2.05, 4.69) is 0 Å². The second-order valence-corrected chi connectivity index (χ2v) is 8.14. The van der Waals surface area contributed by atoms with E-state index in [0.717, 1.165) is 5.56 Å². The topological polar surface area (TPSA) is 80.0 Å². The highest BCUT2D eigenvalue weighted by Crippen LogP contribution is 2.41. The highest BCUT2D eigenvalue weighted by Gasteiger charge is 2.47. The highest BCUT2D eigenvalue weighted by molar-refractivity contribution is 6.46. The Labute approximate surface area is 190 Å². The molecule has 1 unspecified atom stereocenters. The maximum Gasteiger partial charge on any atom is 0.296 e. The number of Topliss-reactive ketones (excluding diaryl/α,β-unsaturated/α-hetero) is 1. The molecule has 0 bridgehead atoms. The van der Waals surface area contributed by atoms with Crippen LogP contribution in [0.15, 0.2) is 58.5 Å². The number of furan rings is 1. The van der Waals surface area contributed by atoms with E-state index in [1.807, 2.05) is 6.92 Å². The number of benzene rings is 2. The zero-order chi connectivity index (χ0) is 23.9. The predicted octanol–water partition coefficient (Wildman–Crippen LogP) is 4.97. The first-order chi connectivity index (χ1) is 15.7. The van der Waals surface area contributed by atoms with Crippen LogP contribution in [-0.2, 0) is 16.1 Å². The lowest BCUT2D eigenvalue weighted by Gasteiger charge is -2.23. The number of likely N-dealkylation sites (tertiary alicyclic amines) is 1. The number of carbonyl (C=O) groups excluding carboxylic acids is 2. The number of halogens is 1. The van der Waals surface area contributed by atoms with Crippen LogP contribution in [0.3, 0.4) is 0 Å². The molecule has 2 aromatic carbocycles. The standard InChI is InChI=1S/C26H24FNO5/c1-14-12-21(32-4)15(2)11-19(14)24(29)22-23(20-10-5-16(3)33-20)28(26(31)25(22)30)13-17-6-8-18(27)9-7-17/h5-12,23,29H,13H2,1-4H3/b24-22+. The van der Waals surface area contributed by atoms with Crippen molar-refractivity contribution in [1.82, 2.24) is 4.90 Å². The number of aliphatic hydroxyl groups excluding tert-OH is 1. The van der Waals surface area contributed by atoms with Gasteiger partial charge >= 0.3 is 0 Å². The van der Waals surface area contributed by atoms with E-state index in [-0.39, 0.29) is 17.9 Å². The Kier molecular flexibility index (Phi) is 5.80. The summed E-state index contributed by atoms with van der Waals surface area (Å²) in [5.74, 6) is -0.628. The van der Waals surface area contributed by atoms with Gasteiger partial charge in [0, 0.05) is 12.1 Å². The maximum absolute atomic E-state index is 13.4. The molecule has 4 rings (SSSR count). The molecule has 33 heavy (non-hydrogen) atoms. The van der Waals surface area contributed by atoms with Crippen molar-refractivity contribution >= 4 is 17.4 Å². The smallest absolute Gasteiger partial charge is 0.296 e. The quantitative estimate of drug-likeness (QED) is 0.338. The van der Waals surface area contributed by atoms with Crippen LogP contribution in [-0.4, -0.2) is 28.8 Å². The van der Waals surface area contributed by atoms with Gasteiger partial charge in [0.25, 0.3) is 11.7 Å². The largest absolute Gasteiger partial charge is 0.507 e. The molecule has 1 aliphatic heterocycles. The molecule has 0 saturated carbocycles. The van der Waals surface area contributed by atoms with Gasteiger partial charge in [-0.25, -0.2) is 4.39 Å². The summed E-state index contributed by atoms with van der Waals surface area (Å²) in [4.78, 5) is 27.5. The Balaban J connectivity index is 1.87. The number of amides is 1. The van der Waals surface area contributed by atoms with Gasteiger partial charge in [-0.15, -0.1) is 0 Å². The lowest BCUT2D eigenvalue weighted by Crippen LogP contribution is -2.29. The molecule has 1 aliphatic rings. The molecule has 6 nitrogen and oxygen atoms in total. The van der Waals surface area contributed by atoms with Gasteiger partial charge in [-0.2, -0.15) is 0 Å². The van der Waals surface area contributed by atoms with Crippen LogP contribution in [0, 0.1) is 26.6 Å². The minimum Gasteiger partial charge on any atom is -0.507 e. The van der Waals surface area contributed by atoms with Crippen molar-refractivity contribution in [1.29, 1.82) is 0 Å². The molecule has 1 atom stereocenters. The fraction of sp³-hybridized carbons (Fsp3) is 0.231. The van der Waals surface area contributed by atoms with E-state index < -0.39 is 23.5 Å². The first-order valence-electron chi connectivity index (χ1n) is 10.5. The first-order valence-corrected chi connectivity index (χ1v) is 10.5. The summed E-state index contributed by atoms with van der Waals surface area (Å²) in [5.41, 5.74) is 2.48. The summed E-state index contributed by atoms with van der Waals surface area (Å²) >= 11 is 0. The third-order valence-electron chi connectivity index (χ3n) is 5.83. The Morgan fingerprint density at radius 3 is 2.36 bits per heavy atom. The molecule has 1 amide bonds. The molecule has 2 heterocycles. The van der Waals surface area contributed by atoms with Crippen molar-refractivity contribution in [3.8, 4) is 5.75 Å². The molecule has 170 valence electrons. The number of hydrogen-bond acceptors (Lipinski definition) is 5. The van der Waals surface area contributed by atoms with Crippen LogP contribution in [0.5, 0.6) is 5.75 Å². The van der Waals surface area contributed by atoms with Crippen LogP contribution in [0.4, 0.5) is 4.39 Å². The predicted molar refractivity (Wildman–Crippen MR) is 120 cm³/mol. The van der Waals surface area contributed by atoms with Gasteiger partial charge in [-0.3, -0.25) is 9.59 Å². The van der Waals surface area contributed by atoms with Gasteiger partial charge < -0.3 is 19.2 Å². The SMILES string of the molecule is COc1cc(C)c(/C(O)=C2\C(=O)C(=O)N(Cc3ccc(F)cc3)C2c2ccc(C)o2)cc1C. The summed E-state index contributed by atoms with van der Waals surface area (Å²) in [6, 6.07) is 11.7. The minimum atomic E-state index is -0.925. The third kappa shape index (κ3) is 4.02. The second kappa shape index (κ2) is 8.58. The van der Waals surface area contributed by atoms with Crippen molar-refractivity contribution in [2.45, 2.75) is 33.4 Å². The Bertz CT molecular complexity index is 1270. The molecule has 1 saturated heterocycles.